The lowest BCUT2D eigenvalue weighted by Crippen LogP contribution is -2.15. The fraction of sp³-hybridized carbons (Fsp3) is 0.455. The van der Waals surface area contributed by atoms with Crippen LogP contribution in [0.1, 0.15) is 35.1 Å². The summed E-state index contributed by atoms with van der Waals surface area (Å²) in [6.07, 6.45) is -2.85. The first kappa shape index (κ1) is 14.3. The van der Waals surface area contributed by atoms with Crippen molar-refractivity contribution in [2.75, 3.05) is 13.7 Å². The molecule has 1 aromatic heterocycles. The molecule has 0 atom stereocenters. The molecule has 18 heavy (non-hydrogen) atoms. The fourth-order valence-corrected chi connectivity index (χ4v) is 1.40. The molecule has 1 rings (SSSR count). The molecule has 0 spiro atoms. The summed E-state index contributed by atoms with van der Waals surface area (Å²) in [7, 11) is 1.31. The summed E-state index contributed by atoms with van der Waals surface area (Å²) in [6.45, 7) is 1.62. The van der Waals surface area contributed by atoms with Crippen LogP contribution in [0, 0.1) is 0 Å². The molecule has 0 radical (unpaired) electrons. The predicted octanol–water partition coefficient (Wildman–Crippen LogP) is 1.66. The summed E-state index contributed by atoms with van der Waals surface area (Å²) in [4.78, 5) is 15.3. The van der Waals surface area contributed by atoms with Gasteiger partial charge >= 0.3 is 5.97 Å². The summed E-state index contributed by atoms with van der Waals surface area (Å²) in [5.41, 5.74) is 4.69. The summed E-state index contributed by atoms with van der Waals surface area (Å²) in [6, 6.07) is 1.06. The molecule has 100 valence electrons. The second-order valence-corrected chi connectivity index (χ2v) is 3.30. The van der Waals surface area contributed by atoms with Crippen LogP contribution in [0.5, 0.6) is 5.75 Å². The summed E-state index contributed by atoms with van der Waals surface area (Å²) >= 11 is 0. The second-order valence-electron chi connectivity index (χ2n) is 3.30. The molecule has 7 heteroatoms. The van der Waals surface area contributed by atoms with E-state index < -0.39 is 23.7 Å². The van der Waals surface area contributed by atoms with Crippen LogP contribution in [0.15, 0.2) is 6.07 Å². The van der Waals surface area contributed by atoms with Crippen LogP contribution in [-0.2, 0) is 11.3 Å². The molecule has 0 bridgehead atoms. The van der Waals surface area contributed by atoms with Crippen molar-refractivity contribution >= 4 is 5.97 Å². The Hall–Kier alpha value is -1.76. The standard InChI is InChI=1S/C11H14F2N2O3/c1-3-18-11(16)9-6(10(12)13)4-8(17-2)7(5-14)15-9/h4,10H,3,5,14H2,1-2H3. The highest BCUT2D eigenvalue weighted by Gasteiger charge is 2.24. The smallest absolute Gasteiger partial charge is 0.357 e. The molecule has 0 aliphatic heterocycles. The zero-order valence-corrected chi connectivity index (χ0v) is 10.1. The Morgan fingerprint density at radius 1 is 1.56 bits per heavy atom. The Kier molecular flexibility index (Phi) is 4.96. The van der Waals surface area contributed by atoms with Crippen LogP contribution >= 0.6 is 0 Å². The molecule has 0 aromatic carbocycles. The van der Waals surface area contributed by atoms with E-state index >= 15 is 0 Å². The van der Waals surface area contributed by atoms with Gasteiger partial charge in [-0.2, -0.15) is 0 Å². The van der Waals surface area contributed by atoms with E-state index in [-0.39, 0.29) is 24.6 Å². The predicted molar refractivity (Wildman–Crippen MR) is 59.6 cm³/mol. The van der Waals surface area contributed by atoms with Crippen molar-refractivity contribution in [2.24, 2.45) is 5.73 Å². The number of nitrogens with two attached hydrogens (primary N) is 1. The number of carbonyl (C=O) groups is 1. The molecule has 0 saturated carbocycles. The Morgan fingerprint density at radius 3 is 2.67 bits per heavy atom. The lowest BCUT2D eigenvalue weighted by Gasteiger charge is -2.12. The van der Waals surface area contributed by atoms with Crippen LogP contribution in [-0.4, -0.2) is 24.7 Å². The quantitative estimate of drug-likeness (QED) is 0.815. The van der Waals surface area contributed by atoms with E-state index in [9.17, 15) is 13.6 Å². The highest BCUT2D eigenvalue weighted by molar-refractivity contribution is 5.89. The summed E-state index contributed by atoms with van der Waals surface area (Å²) < 4.78 is 35.3. The third-order valence-corrected chi connectivity index (χ3v) is 2.21. The molecule has 0 saturated heterocycles. The maximum Gasteiger partial charge on any atom is 0.357 e. The second kappa shape index (κ2) is 6.25. The Bertz CT molecular complexity index is 439. The van der Waals surface area contributed by atoms with Gasteiger partial charge in [0.1, 0.15) is 5.75 Å². The van der Waals surface area contributed by atoms with Gasteiger partial charge in [-0.3, -0.25) is 0 Å². The number of halogens is 2. The lowest BCUT2D eigenvalue weighted by molar-refractivity contribution is 0.0507. The topological polar surface area (TPSA) is 74.4 Å². The van der Waals surface area contributed by atoms with Gasteiger partial charge in [0, 0.05) is 6.54 Å². The number of esters is 1. The highest BCUT2D eigenvalue weighted by atomic mass is 19.3. The largest absolute Gasteiger partial charge is 0.495 e. The zero-order chi connectivity index (χ0) is 13.7. The van der Waals surface area contributed by atoms with Gasteiger partial charge in [-0.05, 0) is 13.0 Å². The van der Waals surface area contributed by atoms with Crippen molar-refractivity contribution < 1.29 is 23.0 Å². The van der Waals surface area contributed by atoms with E-state index in [2.05, 4.69) is 9.72 Å². The number of carbonyl (C=O) groups excluding carboxylic acids is 1. The average Bonchev–Trinajstić information content (AvgIpc) is 2.37. The van der Waals surface area contributed by atoms with Gasteiger partial charge in [0.15, 0.2) is 5.69 Å². The molecule has 0 fully saturated rings. The van der Waals surface area contributed by atoms with Crippen LogP contribution in [0.4, 0.5) is 8.78 Å². The first-order valence-electron chi connectivity index (χ1n) is 5.28. The molecular formula is C11H14F2N2O3. The van der Waals surface area contributed by atoms with Gasteiger partial charge in [-0.25, -0.2) is 18.6 Å². The maximum atomic E-state index is 12.8. The van der Waals surface area contributed by atoms with E-state index in [0.29, 0.717) is 0 Å². The van der Waals surface area contributed by atoms with Gasteiger partial charge in [0.25, 0.3) is 6.43 Å². The van der Waals surface area contributed by atoms with Gasteiger partial charge in [0.05, 0.1) is 25.0 Å². The number of nitrogens with zero attached hydrogens (tertiary/aromatic N) is 1. The van der Waals surface area contributed by atoms with E-state index in [1.807, 2.05) is 0 Å². The van der Waals surface area contributed by atoms with Crippen molar-refractivity contribution in [3.8, 4) is 5.75 Å². The normalized spacial score (nSPS) is 10.6. The Morgan fingerprint density at radius 2 is 2.22 bits per heavy atom. The molecule has 0 aliphatic carbocycles. The van der Waals surface area contributed by atoms with Gasteiger partial charge in [0.2, 0.25) is 0 Å². The molecule has 0 unspecified atom stereocenters. The Balaban J connectivity index is 3.33. The van der Waals surface area contributed by atoms with Gasteiger partial charge in [-0.1, -0.05) is 0 Å². The minimum absolute atomic E-state index is 0.0287. The summed E-state index contributed by atoms with van der Waals surface area (Å²) in [5, 5.41) is 0. The zero-order valence-electron chi connectivity index (χ0n) is 10.1. The number of pyridine rings is 1. The number of aromatic nitrogens is 1. The van der Waals surface area contributed by atoms with E-state index in [0.717, 1.165) is 6.07 Å². The van der Waals surface area contributed by atoms with Gasteiger partial charge in [-0.15, -0.1) is 0 Å². The number of methoxy groups -OCH3 is 1. The number of ether oxygens (including phenoxy) is 2. The SMILES string of the molecule is CCOC(=O)c1nc(CN)c(OC)cc1C(F)F. The summed E-state index contributed by atoms with van der Waals surface area (Å²) in [5.74, 6) is -0.772. The monoisotopic (exact) mass is 260 g/mol. The number of hydrogen-bond donors (Lipinski definition) is 1. The highest BCUT2D eigenvalue weighted by Crippen LogP contribution is 2.28. The van der Waals surface area contributed by atoms with Crippen molar-refractivity contribution in [3.05, 3.63) is 23.0 Å². The van der Waals surface area contributed by atoms with E-state index in [1.54, 1.807) is 6.92 Å². The Labute approximate surface area is 103 Å². The molecule has 2 N–H and O–H groups in total. The fourth-order valence-electron chi connectivity index (χ4n) is 1.40. The van der Waals surface area contributed by atoms with Crippen molar-refractivity contribution in [1.82, 2.24) is 4.98 Å². The average molecular weight is 260 g/mol. The molecule has 1 aromatic rings. The minimum atomic E-state index is -2.85. The van der Waals surface area contributed by atoms with Crippen LogP contribution < -0.4 is 10.5 Å². The number of hydrogen-bond acceptors (Lipinski definition) is 5. The lowest BCUT2D eigenvalue weighted by atomic mass is 10.1. The molecule has 1 heterocycles. The van der Waals surface area contributed by atoms with Crippen molar-refractivity contribution in [2.45, 2.75) is 19.9 Å². The number of alkyl halides is 2. The van der Waals surface area contributed by atoms with Crippen LogP contribution in [0.3, 0.4) is 0 Å². The molecule has 0 amide bonds. The van der Waals surface area contributed by atoms with E-state index in [4.69, 9.17) is 10.5 Å². The minimum Gasteiger partial charge on any atom is -0.495 e. The van der Waals surface area contributed by atoms with Gasteiger partial charge < -0.3 is 15.2 Å². The van der Waals surface area contributed by atoms with Crippen LogP contribution in [0.2, 0.25) is 0 Å². The van der Waals surface area contributed by atoms with Crippen molar-refractivity contribution in [3.63, 3.8) is 0 Å². The molecule has 0 aliphatic rings. The first-order valence-corrected chi connectivity index (χ1v) is 5.28. The number of rotatable bonds is 5. The first-order chi connectivity index (χ1) is 8.54. The molecule has 5 nitrogen and oxygen atoms in total. The van der Waals surface area contributed by atoms with E-state index in [1.165, 1.54) is 7.11 Å². The third kappa shape index (κ3) is 2.92. The van der Waals surface area contributed by atoms with Crippen molar-refractivity contribution in [1.29, 1.82) is 0 Å². The maximum absolute atomic E-state index is 12.8. The third-order valence-electron chi connectivity index (χ3n) is 2.21. The van der Waals surface area contributed by atoms with Crippen LogP contribution in [0.25, 0.3) is 0 Å². The molecular weight excluding hydrogens is 246 g/mol.